The van der Waals surface area contributed by atoms with Crippen molar-refractivity contribution in [2.24, 2.45) is 0 Å². The SMILES string of the molecule is CC(C)(Cc1c[nH]c2c(CCn3cncn3)cccc12)NC(=O)O. The van der Waals surface area contributed by atoms with Crippen molar-refractivity contribution in [1.29, 1.82) is 0 Å². The lowest BCUT2D eigenvalue weighted by Gasteiger charge is -2.24. The lowest BCUT2D eigenvalue weighted by molar-refractivity contribution is 0.182. The molecule has 24 heavy (non-hydrogen) atoms. The number of nitrogens with zero attached hydrogens (tertiary/aromatic N) is 3. The maximum absolute atomic E-state index is 10.9. The zero-order valence-corrected chi connectivity index (χ0v) is 13.8. The highest BCUT2D eigenvalue weighted by atomic mass is 16.4. The lowest BCUT2D eigenvalue weighted by atomic mass is 9.94. The molecule has 0 saturated carbocycles. The van der Waals surface area contributed by atoms with Crippen LogP contribution in [0, 0.1) is 0 Å². The summed E-state index contributed by atoms with van der Waals surface area (Å²) in [5.74, 6) is 0. The van der Waals surface area contributed by atoms with Gasteiger partial charge in [-0.3, -0.25) is 4.68 Å². The predicted molar refractivity (Wildman–Crippen MR) is 91.0 cm³/mol. The number of carboxylic acid groups (broad SMARTS) is 1. The molecule has 1 aromatic carbocycles. The van der Waals surface area contributed by atoms with Gasteiger partial charge in [-0.2, -0.15) is 5.10 Å². The third-order valence-electron chi connectivity index (χ3n) is 4.04. The maximum Gasteiger partial charge on any atom is 0.405 e. The standard InChI is InChI=1S/C17H21N5O2/c1-17(2,21-16(23)24)8-13-9-19-15-12(4-3-5-14(13)15)6-7-22-11-18-10-20-22/h3-5,9-11,19,21H,6-8H2,1-2H3,(H,23,24). The molecule has 0 unspecified atom stereocenters. The second-order valence-corrected chi connectivity index (χ2v) is 6.55. The number of amides is 1. The summed E-state index contributed by atoms with van der Waals surface area (Å²) in [6, 6.07) is 6.20. The van der Waals surface area contributed by atoms with Crippen molar-refractivity contribution in [1.82, 2.24) is 25.1 Å². The fourth-order valence-electron chi connectivity index (χ4n) is 3.02. The fraction of sp³-hybridized carbons (Fsp3) is 0.353. The van der Waals surface area contributed by atoms with Gasteiger partial charge >= 0.3 is 6.09 Å². The third kappa shape index (κ3) is 3.56. The number of fused-ring (bicyclic) bond motifs is 1. The first kappa shape index (κ1) is 16.0. The molecule has 0 atom stereocenters. The minimum Gasteiger partial charge on any atom is -0.465 e. The summed E-state index contributed by atoms with van der Waals surface area (Å²) < 4.78 is 1.81. The number of nitrogens with one attached hydrogen (secondary N) is 2. The first-order valence-corrected chi connectivity index (χ1v) is 7.86. The van der Waals surface area contributed by atoms with Gasteiger partial charge in [0.15, 0.2) is 0 Å². The van der Waals surface area contributed by atoms with Gasteiger partial charge in [0.1, 0.15) is 12.7 Å². The van der Waals surface area contributed by atoms with Crippen LogP contribution >= 0.6 is 0 Å². The van der Waals surface area contributed by atoms with Gasteiger partial charge in [-0.05, 0) is 37.8 Å². The Morgan fingerprint density at radius 2 is 2.21 bits per heavy atom. The summed E-state index contributed by atoms with van der Waals surface area (Å²) in [5, 5.41) is 16.8. The summed E-state index contributed by atoms with van der Waals surface area (Å²) in [6.07, 6.45) is 5.66. The van der Waals surface area contributed by atoms with Crippen molar-refractivity contribution in [3.8, 4) is 0 Å². The summed E-state index contributed by atoms with van der Waals surface area (Å²) in [7, 11) is 0. The smallest absolute Gasteiger partial charge is 0.405 e. The number of H-pyrrole nitrogens is 1. The maximum atomic E-state index is 10.9. The van der Waals surface area contributed by atoms with Crippen LogP contribution in [0.1, 0.15) is 25.0 Å². The van der Waals surface area contributed by atoms with Gasteiger partial charge in [-0.15, -0.1) is 0 Å². The van der Waals surface area contributed by atoms with Gasteiger partial charge in [0.25, 0.3) is 0 Å². The number of hydrogen-bond acceptors (Lipinski definition) is 3. The van der Waals surface area contributed by atoms with Crippen LogP contribution in [-0.2, 0) is 19.4 Å². The van der Waals surface area contributed by atoms with Gasteiger partial charge < -0.3 is 15.4 Å². The van der Waals surface area contributed by atoms with E-state index in [2.05, 4.69) is 32.5 Å². The highest BCUT2D eigenvalue weighted by Gasteiger charge is 2.22. The Kier molecular flexibility index (Phi) is 4.24. The molecule has 2 aromatic heterocycles. The van der Waals surface area contributed by atoms with Crippen LogP contribution in [0.5, 0.6) is 0 Å². The highest BCUT2D eigenvalue weighted by Crippen LogP contribution is 2.25. The first-order valence-electron chi connectivity index (χ1n) is 7.86. The van der Waals surface area contributed by atoms with E-state index in [0.29, 0.717) is 6.42 Å². The molecule has 0 spiro atoms. The molecular formula is C17H21N5O2. The van der Waals surface area contributed by atoms with Gasteiger partial charge in [0.05, 0.1) is 0 Å². The van der Waals surface area contributed by atoms with Crippen molar-refractivity contribution in [3.05, 3.63) is 48.2 Å². The van der Waals surface area contributed by atoms with E-state index < -0.39 is 11.6 Å². The minimum absolute atomic E-state index is 0.530. The normalized spacial score (nSPS) is 11.8. The molecule has 0 bridgehead atoms. The second-order valence-electron chi connectivity index (χ2n) is 6.55. The van der Waals surface area contributed by atoms with Gasteiger partial charge in [0, 0.05) is 29.2 Å². The van der Waals surface area contributed by atoms with Crippen molar-refractivity contribution in [2.75, 3.05) is 0 Å². The Hall–Kier alpha value is -2.83. The van der Waals surface area contributed by atoms with Crippen molar-refractivity contribution < 1.29 is 9.90 Å². The number of hydrogen-bond donors (Lipinski definition) is 3. The summed E-state index contributed by atoms with van der Waals surface area (Å²) in [6.45, 7) is 4.53. The Bertz CT molecular complexity index is 836. The summed E-state index contributed by atoms with van der Waals surface area (Å²) >= 11 is 0. The number of rotatable bonds is 6. The fourth-order valence-corrected chi connectivity index (χ4v) is 3.02. The van der Waals surface area contributed by atoms with Crippen molar-refractivity contribution in [2.45, 2.75) is 38.8 Å². The van der Waals surface area contributed by atoms with Crippen LogP contribution in [0.4, 0.5) is 4.79 Å². The monoisotopic (exact) mass is 327 g/mol. The molecule has 0 aliphatic heterocycles. The molecule has 3 aromatic rings. The first-order chi connectivity index (χ1) is 11.4. The molecule has 7 nitrogen and oxygen atoms in total. The van der Waals surface area contributed by atoms with Gasteiger partial charge in [-0.1, -0.05) is 18.2 Å². The summed E-state index contributed by atoms with van der Waals surface area (Å²) in [4.78, 5) is 18.2. The van der Waals surface area contributed by atoms with E-state index in [9.17, 15) is 4.79 Å². The largest absolute Gasteiger partial charge is 0.465 e. The molecule has 3 N–H and O–H groups in total. The molecular weight excluding hydrogens is 306 g/mol. The van der Waals surface area contributed by atoms with Crippen molar-refractivity contribution >= 4 is 17.0 Å². The van der Waals surface area contributed by atoms with Crippen LogP contribution in [0.3, 0.4) is 0 Å². The van der Waals surface area contributed by atoms with Crippen LogP contribution in [0.2, 0.25) is 0 Å². The zero-order chi connectivity index (χ0) is 17.2. The highest BCUT2D eigenvalue weighted by molar-refractivity contribution is 5.86. The van der Waals surface area contributed by atoms with E-state index in [1.54, 1.807) is 6.33 Å². The molecule has 3 rings (SSSR count). The molecule has 0 saturated heterocycles. The van der Waals surface area contributed by atoms with Crippen LogP contribution in [-0.4, -0.2) is 36.5 Å². The van der Waals surface area contributed by atoms with E-state index in [1.165, 1.54) is 11.9 Å². The predicted octanol–water partition coefficient (Wildman–Crippen LogP) is 2.59. The third-order valence-corrected chi connectivity index (χ3v) is 4.04. The second kappa shape index (κ2) is 6.35. The van der Waals surface area contributed by atoms with E-state index in [1.807, 2.05) is 30.8 Å². The topological polar surface area (TPSA) is 95.8 Å². The Balaban J connectivity index is 1.82. The Morgan fingerprint density at radius 3 is 2.92 bits per heavy atom. The van der Waals surface area contributed by atoms with Gasteiger partial charge in [-0.25, -0.2) is 9.78 Å². The molecule has 7 heteroatoms. The molecule has 0 aliphatic rings. The molecule has 0 radical (unpaired) electrons. The van der Waals surface area contributed by atoms with Gasteiger partial charge in [0.2, 0.25) is 0 Å². The quantitative estimate of drug-likeness (QED) is 0.648. The number of carbonyl (C=O) groups is 1. The lowest BCUT2D eigenvalue weighted by Crippen LogP contribution is -2.44. The molecule has 1 amide bonds. The van der Waals surface area contributed by atoms with Crippen molar-refractivity contribution in [3.63, 3.8) is 0 Å². The molecule has 0 fully saturated rings. The van der Waals surface area contributed by atoms with Crippen LogP contribution in [0.15, 0.2) is 37.1 Å². The van der Waals surface area contributed by atoms with E-state index in [4.69, 9.17) is 5.11 Å². The number of para-hydroxylation sites is 1. The molecule has 2 heterocycles. The van der Waals surface area contributed by atoms with E-state index >= 15 is 0 Å². The van der Waals surface area contributed by atoms with Crippen LogP contribution < -0.4 is 5.32 Å². The number of aromatic nitrogens is 4. The number of aryl methyl sites for hydroxylation is 2. The molecule has 0 aliphatic carbocycles. The average Bonchev–Trinajstić information content (AvgIpc) is 3.14. The molecule has 126 valence electrons. The summed E-state index contributed by atoms with van der Waals surface area (Å²) in [5.41, 5.74) is 2.88. The zero-order valence-electron chi connectivity index (χ0n) is 13.8. The Morgan fingerprint density at radius 1 is 1.38 bits per heavy atom. The number of aromatic amines is 1. The van der Waals surface area contributed by atoms with E-state index in [0.717, 1.165) is 29.4 Å². The van der Waals surface area contributed by atoms with E-state index in [-0.39, 0.29) is 0 Å². The average molecular weight is 327 g/mol. The van der Waals surface area contributed by atoms with Crippen LogP contribution in [0.25, 0.3) is 10.9 Å². The minimum atomic E-state index is -1.01. The number of benzene rings is 1. The Labute approximate surface area is 139 Å².